The number of benzene rings is 2. The summed E-state index contributed by atoms with van der Waals surface area (Å²) in [6.07, 6.45) is 0. The highest BCUT2D eigenvalue weighted by atomic mass is 35.5. The van der Waals surface area contributed by atoms with Gasteiger partial charge in [-0.1, -0.05) is 35.3 Å². The first-order valence-corrected chi connectivity index (χ1v) is 6.85. The Morgan fingerprint density at radius 2 is 2.00 bits per heavy atom. The highest BCUT2D eigenvalue weighted by molar-refractivity contribution is 6.31. The quantitative estimate of drug-likeness (QED) is 0.885. The van der Waals surface area contributed by atoms with E-state index in [0.29, 0.717) is 16.3 Å². The van der Waals surface area contributed by atoms with Crippen LogP contribution in [0, 0.1) is 5.82 Å². The first-order chi connectivity index (χ1) is 9.49. The zero-order valence-electron chi connectivity index (χ0n) is 10.9. The highest BCUT2D eigenvalue weighted by Crippen LogP contribution is 2.28. The van der Waals surface area contributed by atoms with Crippen molar-refractivity contribution in [1.82, 2.24) is 0 Å². The minimum Gasteiger partial charge on any atom is -0.488 e. The molecule has 2 aromatic rings. The SMILES string of the molecule is C[C@H](N)c1cc(Cl)ccc1OCc1cccc(Cl)c1F. The Balaban J connectivity index is 2.21. The molecule has 5 heteroatoms. The molecule has 0 saturated heterocycles. The van der Waals surface area contributed by atoms with E-state index in [1.807, 2.05) is 6.92 Å². The van der Waals surface area contributed by atoms with Crippen molar-refractivity contribution < 1.29 is 9.13 Å². The maximum Gasteiger partial charge on any atom is 0.148 e. The highest BCUT2D eigenvalue weighted by Gasteiger charge is 2.11. The first-order valence-electron chi connectivity index (χ1n) is 6.09. The monoisotopic (exact) mass is 313 g/mol. The van der Waals surface area contributed by atoms with E-state index in [1.54, 1.807) is 30.3 Å². The number of nitrogens with two attached hydrogens (primary N) is 1. The van der Waals surface area contributed by atoms with Gasteiger partial charge in [0.15, 0.2) is 0 Å². The average Bonchev–Trinajstić information content (AvgIpc) is 2.41. The molecule has 0 aliphatic rings. The Labute approximate surface area is 127 Å². The zero-order valence-corrected chi connectivity index (χ0v) is 12.4. The first kappa shape index (κ1) is 15.1. The van der Waals surface area contributed by atoms with Gasteiger partial charge in [-0.15, -0.1) is 0 Å². The Kier molecular flexibility index (Phi) is 4.86. The summed E-state index contributed by atoms with van der Waals surface area (Å²) in [4.78, 5) is 0. The van der Waals surface area contributed by atoms with Crippen molar-refractivity contribution in [2.45, 2.75) is 19.6 Å². The van der Waals surface area contributed by atoms with Crippen LogP contribution in [0.25, 0.3) is 0 Å². The summed E-state index contributed by atoms with van der Waals surface area (Å²) in [6.45, 7) is 1.91. The summed E-state index contributed by atoms with van der Waals surface area (Å²) in [5.41, 5.74) is 7.04. The van der Waals surface area contributed by atoms with E-state index in [4.69, 9.17) is 33.7 Å². The molecule has 0 radical (unpaired) electrons. The summed E-state index contributed by atoms with van der Waals surface area (Å²) >= 11 is 11.7. The zero-order chi connectivity index (χ0) is 14.7. The lowest BCUT2D eigenvalue weighted by Crippen LogP contribution is -2.08. The molecule has 20 heavy (non-hydrogen) atoms. The van der Waals surface area contributed by atoms with Crippen LogP contribution in [-0.4, -0.2) is 0 Å². The second kappa shape index (κ2) is 6.44. The molecule has 106 valence electrons. The predicted molar refractivity (Wildman–Crippen MR) is 79.8 cm³/mol. The molecule has 0 unspecified atom stereocenters. The third-order valence-electron chi connectivity index (χ3n) is 2.88. The summed E-state index contributed by atoms with van der Waals surface area (Å²) in [5, 5.41) is 0.660. The van der Waals surface area contributed by atoms with Crippen LogP contribution in [-0.2, 0) is 6.61 Å². The van der Waals surface area contributed by atoms with Crippen LogP contribution in [0.5, 0.6) is 5.75 Å². The molecular formula is C15H14Cl2FNO. The molecule has 2 N–H and O–H groups in total. The number of halogens is 3. The van der Waals surface area contributed by atoms with Gasteiger partial charge in [0.05, 0.1) is 5.02 Å². The largest absolute Gasteiger partial charge is 0.488 e. The third-order valence-corrected chi connectivity index (χ3v) is 3.40. The summed E-state index contributed by atoms with van der Waals surface area (Å²) < 4.78 is 19.4. The van der Waals surface area contributed by atoms with Gasteiger partial charge < -0.3 is 10.5 Å². The number of hydrogen-bond acceptors (Lipinski definition) is 2. The van der Waals surface area contributed by atoms with Crippen molar-refractivity contribution in [3.63, 3.8) is 0 Å². The second-order valence-corrected chi connectivity index (χ2v) is 5.32. The molecule has 1 atom stereocenters. The van der Waals surface area contributed by atoms with E-state index in [9.17, 15) is 4.39 Å². The topological polar surface area (TPSA) is 35.2 Å². The standard InChI is InChI=1S/C15H14Cl2FNO/c1-9(19)12-7-11(16)5-6-14(12)20-8-10-3-2-4-13(17)15(10)18/h2-7,9H,8,19H2,1H3/t9-/m0/s1. The normalized spacial score (nSPS) is 12.2. The van der Waals surface area contributed by atoms with Crippen LogP contribution in [0.4, 0.5) is 4.39 Å². The van der Waals surface area contributed by atoms with Gasteiger partial charge in [0, 0.05) is 22.2 Å². The van der Waals surface area contributed by atoms with Crippen LogP contribution in [0.2, 0.25) is 10.0 Å². The van der Waals surface area contributed by atoms with Gasteiger partial charge in [0.1, 0.15) is 18.2 Å². The third kappa shape index (κ3) is 3.42. The Hall–Kier alpha value is -1.29. The molecule has 0 spiro atoms. The molecule has 0 bridgehead atoms. The van der Waals surface area contributed by atoms with Crippen LogP contribution in [0.3, 0.4) is 0 Å². The summed E-state index contributed by atoms with van der Waals surface area (Å²) in [6, 6.07) is 9.75. The Morgan fingerprint density at radius 1 is 1.25 bits per heavy atom. The van der Waals surface area contributed by atoms with Gasteiger partial charge >= 0.3 is 0 Å². The van der Waals surface area contributed by atoms with Gasteiger partial charge in [-0.25, -0.2) is 4.39 Å². The minimum absolute atomic E-state index is 0.0771. The average molecular weight is 314 g/mol. The molecule has 2 aromatic carbocycles. The molecule has 0 fully saturated rings. The van der Waals surface area contributed by atoms with Gasteiger partial charge in [0.25, 0.3) is 0 Å². The van der Waals surface area contributed by atoms with Crippen molar-refractivity contribution in [2.75, 3.05) is 0 Å². The molecule has 0 amide bonds. The van der Waals surface area contributed by atoms with Crippen LogP contribution >= 0.6 is 23.2 Å². The maximum atomic E-state index is 13.8. The Morgan fingerprint density at radius 3 is 2.70 bits per heavy atom. The van der Waals surface area contributed by atoms with Crippen molar-refractivity contribution >= 4 is 23.2 Å². The minimum atomic E-state index is -0.467. The van der Waals surface area contributed by atoms with E-state index in [2.05, 4.69) is 0 Å². The van der Waals surface area contributed by atoms with Crippen molar-refractivity contribution in [1.29, 1.82) is 0 Å². The van der Waals surface area contributed by atoms with Crippen LogP contribution in [0.15, 0.2) is 36.4 Å². The Bertz CT molecular complexity index is 617. The van der Waals surface area contributed by atoms with E-state index in [1.165, 1.54) is 6.07 Å². The predicted octanol–water partition coefficient (Wildman–Crippen LogP) is 4.73. The van der Waals surface area contributed by atoms with E-state index in [0.717, 1.165) is 5.56 Å². The van der Waals surface area contributed by atoms with Gasteiger partial charge in [-0.2, -0.15) is 0 Å². The molecular weight excluding hydrogens is 300 g/mol. The second-order valence-electron chi connectivity index (χ2n) is 4.47. The summed E-state index contributed by atoms with van der Waals surface area (Å²) in [7, 11) is 0. The van der Waals surface area contributed by atoms with Gasteiger partial charge in [-0.3, -0.25) is 0 Å². The molecule has 0 heterocycles. The fourth-order valence-electron chi connectivity index (χ4n) is 1.82. The van der Waals surface area contributed by atoms with Crippen molar-refractivity contribution in [3.05, 3.63) is 63.4 Å². The lowest BCUT2D eigenvalue weighted by atomic mass is 10.1. The van der Waals surface area contributed by atoms with Gasteiger partial charge in [0.2, 0.25) is 0 Å². The molecule has 0 aliphatic carbocycles. The molecule has 0 aliphatic heterocycles. The number of ether oxygens (including phenoxy) is 1. The molecule has 0 aromatic heterocycles. The van der Waals surface area contributed by atoms with Gasteiger partial charge in [-0.05, 0) is 31.2 Å². The van der Waals surface area contributed by atoms with E-state index >= 15 is 0 Å². The lowest BCUT2D eigenvalue weighted by Gasteiger charge is -2.15. The van der Waals surface area contributed by atoms with Crippen molar-refractivity contribution in [3.8, 4) is 5.75 Å². The number of rotatable bonds is 4. The van der Waals surface area contributed by atoms with E-state index in [-0.39, 0.29) is 17.7 Å². The number of hydrogen-bond donors (Lipinski definition) is 1. The fourth-order valence-corrected chi connectivity index (χ4v) is 2.20. The fraction of sp³-hybridized carbons (Fsp3) is 0.200. The van der Waals surface area contributed by atoms with Crippen LogP contribution < -0.4 is 10.5 Å². The van der Waals surface area contributed by atoms with Crippen LogP contribution in [0.1, 0.15) is 24.1 Å². The molecule has 2 rings (SSSR count). The lowest BCUT2D eigenvalue weighted by molar-refractivity contribution is 0.295. The van der Waals surface area contributed by atoms with E-state index < -0.39 is 5.82 Å². The summed E-state index contributed by atoms with van der Waals surface area (Å²) in [5.74, 6) is 0.120. The maximum absolute atomic E-state index is 13.8. The smallest absolute Gasteiger partial charge is 0.148 e. The van der Waals surface area contributed by atoms with Crippen molar-refractivity contribution in [2.24, 2.45) is 5.73 Å². The molecule has 2 nitrogen and oxygen atoms in total. The molecule has 0 saturated carbocycles.